The van der Waals surface area contributed by atoms with Crippen molar-refractivity contribution >= 4 is 17.7 Å². The Hall–Kier alpha value is -1.82. The lowest BCUT2D eigenvalue weighted by atomic mass is 9.86. The van der Waals surface area contributed by atoms with Crippen LogP contribution in [0.15, 0.2) is 29.4 Å². The summed E-state index contributed by atoms with van der Waals surface area (Å²) in [6, 6.07) is 9.17. The first-order valence-electron chi connectivity index (χ1n) is 10.9. The molecule has 0 N–H and O–H groups in total. The molecule has 0 spiro atoms. The molecule has 156 valence electrons. The van der Waals surface area contributed by atoms with Gasteiger partial charge in [0.15, 0.2) is 11.0 Å². The van der Waals surface area contributed by atoms with Gasteiger partial charge in [0.25, 0.3) is 0 Å². The van der Waals surface area contributed by atoms with Crippen molar-refractivity contribution in [2.45, 2.75) is 75.9 Å². The van der Waals surface area contributed by atoms with Gasteiger partial charge in [0.2, 0.25) is 5.91 Å². The van der Waals surface area contributed by atoms with Crippen molar-refractivity contribution in [1.82, 2.24) is 19.7 Å². The monoisotopic (exact) mass is 412 g/mol. The molecule has 6 heteroatoms. The van der Waals surface area contributed by atoms with E-state index in [4.69, 9.17) is 0 Å². The van der Waals surface area contributed by atoms with E-state index in [0.29, 0.717) is 11.8 Å². The van der Waals surface area contributed by atoms with Gasteiger partial charge in [0, 0.05) is 24.7 Å². The molecule has 0 radical (unpaired) electrons. The Morgan fingerprint density at radius 1 is 1.03 bits per heavy atom. The molecule has 0 bridgehead atoms. The number of hydrogen-bond acceptors (Lipinski definition) is 4. The summed E-state index contributed by atoms with van der Waals surface area (Å²) >= 11 is 1.55. The topological polar surface area (TPSA) is 51.0 Å². The highest BCUT2D eigenvalue weighted by Gasteiger charge is 2.26. The third-order valence-electron chi connectivity index (χ3n) is 6.15. The van der Waals surface area contributed by atoms with E-state index >= 15 is 0 Å². The Bertz CT molecular complexity index is 841. The standard InChI is InChI=1S/C23H32N4OS/c1-23(2,3)18-12-10-17(11-13-18)21-24-25-22(27(21)19-8-4-5-9-19)29-16-20(28)26-14-6-7-15-26/h10-13,19H,4-9,14-16H2,1-3H3. The molecule has 2 heterocycles. The highest BCUT2D eigenvalue weighted by molar-refractivity contribution is 7.99. The van der Waals surface area contributed by atoms with Crippen LogP contribution in [0.2, 0.25) is 0 Å². The Kier molecular flexibility index (Phi) is 6.00. The molecule has 1 amide bonds. The molecule has 0 unspecified atom stereocenters. The number of amides is 1. The summed E-state index contributed by atoms with van der Waals surface area (Å²) in [6.07, 6.45) is 7.09. The summed E-state index contributed by atoms with van der Waals surface area (Å²) < 4.78 is 2.31. The molecule has 1 saturated heterocycles. The molecular formula is C23H32N4OS. The Labute approximate surface area is 178 Å². The molecule has 4 rings (SSSR count). The first kappa shape index (κ1) is 20.5. The van der Waals surface area contributed by atoms with Crippen LogP contribution in [-0.2, 0) is 10.2 Å². The van der Waals surface area contributed by atoms with Crippen LogP contribution in [0, 0.1) is 0 Å². The van der Waals surface area contributed by atoms with Gasteiger partial charge >= 0.3 is 0 Å². The summed E-state index contributed by atoms with van der Waals surface area (Å²) in [5, 5.41) is 9.97. The lowest BCUT2D eigenvalue weighted by molar-refractivity contribution is -0.127. The van der Waals surface area contributed by atoms with Crippen molar-refractivity contribution in [2.75, 3.05) is 18.8 Å². The minimum Gasteiger partial charge on any atom is -0.342 e. The number of aromatic nitrogens is 3. The summed E-state index contributed by atoms with van der Waals surface area (Å²) in [5.74, 6) is 1.62. The highest BCUT2D eigenvalue weighted by atomic mass is 32.2. The average Bonchev–Trinajstić information content (AvgIpc) is 3.46. The van der Waals surface area contributed by atoms with Gasteiger partial charge < -0.3 is 4.90 Å². The fraction of sp³-hybridized carbons (Fsp3) is 0.609. The highest BCUT2D eigenvalue weighted by Crippen LogP contribution is 2.37. The lowest BCUT2D eigenvalue weighted by Gasteiger charge is -2.20. The van der Waals surface area contributed by atoms with Crippen LogP contribution >= 0.6 is 11.8 Å². The fourth-order valence-corrected chi connectivity index (χ4v) is 5.28. The number of nitrogens with zero attached hydrogens (tertiary/aromatic N) is 4. The van der Waals surface area contributed by atoms with Crippen LogP contribution in [-0.4, -0.2) is 44.4 Å². The van der Waals surface area contributed by atoms with E-state index in [1.54, 1.807) is 11.8 Å². The summed E-state index contributed by atoms with van der Waals surface area (Å²) in [5.41, 5.74) is 2.56. The number of carbonyl (C=O) groups is 1. The number of carbonyl (C=O) groups excluding carboxylic acids is 1. The van der Waals surface area contributed by atoms with Gasteiger partial charge in [-0.05, 0) is 36.7 Å². The molecule has 2 fully saturated rings. The van der Waals surface area contributed by atoms with Crippen molar-refractivity contribution in [3.8, 4) is 11.4 Å². The van der Waals surface area contributed by atoms with Crippen molar-refractivity contribution in [2.24, 2.45) is 0 Å². The number of hydrogen-bond donors (Lipinski definition) is 0. The average molecular weight is 413 g/mol. The predicted octanol–water partition coefficient (Wildman–Crippen LogP) is 5.07. The SMILES string of the molecule is CC(C)(C)c1ccc(-c2nnc(SCC(=O)N3CCCC3)n2C2CCCC2)cc1. The molecule has 2 aliphatic rings. The van der Waals surface area contributed by atoms with E-state index in [1.165, 1.54) is 31.2 Å². The Morgan fingerprint density at radius 2 is 1.69 bits per heavy atom. The zero-order chi connectivity index (χ0) is 20.4. The van der Waals surface area contributed by atoms with Gasteiger partial charge in [0.05, 0.1) is 5.75 Å². The minimum absolute atomic E-state index is 0.134. The van der Waals surface area contributed by atoms with Crippen LogP contribution in [0.1, 0.15) is 70.9 Å². The molecule has 1 aromatic heterocycles. The van der Waals surface area contributed by atoms with Gasteiger partial charge in [-0.15, -0.1) is 10.2 Å². The maximum Gasteiger partial charge on any atom is 0.233 e. The molecule has 29 heavy (non-hydrogen) atoms. The van der Waals surface area contributed by atoms with E-state index in [-0.39, 0.29) is 11.3 Å². The van der Waals surface area contributed by atoms with Gasteiger partial charge in [-0.2, -0.15) is 0 Å². The van der Waals surface area contributed by atoms with Crippen LogP contribution < -0.4 is 0 Å². The van der Waals surface area contributed by atoms with E-state index in [0.717, 1.165) is 42.5 Å². The molecule has 1 saturated carbocycles. The van der Waals surface area contributed by atoms with Crippen molar-refractivity contribution in [3.63, 3.8) is 0 Å². The van der Waals surface area contributed by atoms with Crippen molar-refractivity contribution < 1.29 is 4.79 Å². The maximum atomic E-state index is 12.5. The third kappa shape index (κ3) is 4.52. The lowest BCUT2D eigenvalue weighted by Crippen LogP contribution is -2.29. The zero-order valence-electron chi connectivity index (χ0n) is 17.9. The Morgan fingerprint density at radius 3 is 2.31 bits per heavy atom. The molecule has 0 atom stereocenters. The largest absolute Gasteiger partial charge is 0.342 e. The minimum atomic E-state index is 0.134. The second-order valence-corrected chi connectivity index (χ2v) is 10.3. The predicted molar refractivity (Wildman–Crippen MR) is 118 cm³/mol. The van der Waals surface area contributed by atoms with Crippen LogP contribution in [0.3, 0.4) is 0 Å². The van der Waals surface area contributed by atoms with Gasteiger partial charge in [-0.1, -0.05) is 69.6 Å². The number of benzene rings is 1. The molecule has 5 nitrogen and oxygen atoms in total. The summed E-state index contributed by atoms with van der Waals surface area (Å²) in [4.78, 5) is 14.5. The van der Waals surface area contributed by atoms with Crippen LogP contribution in [0.5, 0.6) is 0 Å². The van der Waals surface area contributed by atoms with Gasteiger partial charge in [0.1, 0.15) is 0 Å². The number of thioether (sulfide) groups is 1. The smallest absolute Gasteiger partial charge is 0.233 e. The quantitative estimate of drug-likeness (QED) is 0.643. The van der Waals surface area contributed by atoms with Crippen molar-refractivity contribution in [1.29, 1.82) is 0 Å². The number of rotatable bonds is 5. The maximum absolute atomic E-state index is 12.5. The zero-order valence-corrected chi connectivity index (χ0v) is 18.7. The Balaban J connectivity index is 1.58. The molecule has 2 aromatic rings. The van der Waals surface area contributed by atoms with E-state index in [9.17, 15) is 4.79 Å². The summed E-state index contributed by atoms with van der Waals surface area (Å²) in [6.45, 7) is 8.50. The normalized spacial score (nSPS) is 18.0. The molecule has 1 aliphatic heterocycles. The first-order valence-corrected chi connectivity index (χ1v) is 11.9. The van der Waals surface area contributed by atoms with E-state index in [2.05, 4.69) is 59.8 Å². The van der Waals surface area contributed by atoms with Crippen LogP contribution in [0.25, 0.3) is 11.4 Å². The number of likely N-dealkylation sites (tertiary alicyclic amines) is 1. The molecular weight excluding hydrogens is 380 g/mol. The first-order chi connectivity index (χ1) is 13.9. The van der Waals surface area contributed by atoms with Crippen molar-refractivity contribution in [3.05, 3.63) is 29.8 Å². The van der Waals surface area contributed by atoms with E-state index < -0.39 is 0 Å². The molecule has 1 aromatic carbocycles. The van der Waals surface area contributed by atoms with Crippen LogP contribution in [0.4, 0.5) is 0 Å². The molecule has 1 aliphatic carbocycles. The third-order valence-corrected chi connectivity index (χ3v) is 7.07. The van der Waals surface area contributed by atoms with E-state index in [1.807, 2.05) is 4.90 Å². The summed E-state index contributed by atoms with van der Waals surface area (Å²) in [7, 11) is 0. The van der Waals surface area contributed by atoms with Gasteiger partial charge in [-0.25, -0.2) is 0 Å². The fourth-order valence-electron chi connectivity index (χ4n) is 4.37. The van der Waals surface area contributed by atoms with Gasteiger partial charge in [-0.3, -0.25) is 9.36 Å². The second-order valence-electron chi connectivity index (χ2n) is 9.32. The second kappa shape index (κ2) is 8.50.